The minimum Gasteiger partial charge on any atom is -0.335 e. The molecule has 2 aromatic carbocycles. The van der Waals surface area contributed by atoms with Gasteiger partial charge < -0.3 is 4.90 Å². The van der Waals surface area contributed by atoms with Crippen molar-refractivity contribution in [3.63, 3.8) is 0 Å². The average molecular weight is 385 g/mol. The Bertz CT molecular complexity index is 887. The van der Waals surface area contributed by atoms with Crippen LogP contribution in [0.1, 0.15) is 22.8 Å². The Morgan fingerprint density at radius 3 is 2.56 bits per heavy atom. The van der Waals surface area contributed by atoms with Gasteiger partial charge in [-0.1, -0.05) is 23.7 Å². The minimum atomic E-state index is -3.70. The Labute approximate surface area is 151 Å². The van der Waals surface area contributed by atoms with Crippen LogP contribution in [0, 0.1) is 5.82 Å². The number of hydrogen-bond acceptors (Lipinski definition) is 3. The third kappa shape index (κ3) is 4.56. The highest BCUT2D eigenvalue weighted by molar-refractivity contribution is 7.89. The van der Waals surface area contributed by atoms with Crippen LogP contribution in [-0.4, -0.2) is 32.8 Å². The van der Waals surface area contributed by atoms with Crippen molar-refractivity contribution in [2.75, 3.05) is 13.6 Å². The van der Waals surface area contributed by atoms with E-state index in [1.807, 2.05) is 0 Å². The maximum Gasteiger partial charge on any atom is 0.255 e. The molecule has 2 aromatic rings. The van der Waals surface area contributed by atoms with Gasteiger partial charge in [-0.2, -0.15) is 0 Å². The first-order valence-corrected chi connectivity index (χ1v) is 9.41. The molecule has 0 aliphatic heterocycles. The zero-order valence-corrected chi connectivity index (χ0v) is 15.4. The average Bonchev–Trinajstić information content (AvgIpc) is 2.59. The van der Waals surface area contributed by atoms with Crippen molar-refractivity contribution in [2.45, 2.75) is 18.4 Å². The van der Waals surface area contributed by atoms with Gasteiger partial charge in [0, 0.05) is 13.1 Å². The highest BCUT2D eigenvalue weighted by Crippen LogP contribution is 2.23. The summed E-state index contributed by atoms with van der Waals surface area (Å²) in [5.74, 6) is -0.814. The van der Waals surface area contributed by atoms with E-state index in [0.29, 0.717) is 12.1 Å². The quantitative estimate of drug-likeness (QED) is 0.832. The van der Waals surface area contributed by atoms with E-state index >= 15 is 0 Å². The van der Waals surface area contributed by atoms with Gasteiger partial charge in [0.05, 0.1) is 15.5 Å². The van der Waals surface area contributed by atoms with Crippen LogP contribution < -0.4 is 4.72 Å². The van der Waals surface area contributed by atoms with Crippen molar-refractivity contribution in [1.82, 2.24) is 9.62 Å². The van der Waals surface area contributed by atoms with Crippen molar-refractivity contribution < 1.29 is 17.6 Å². The number of hydrogen-bond donors (Lipinski definition) is 1. The van der Waals surface area contributed by atoms with Crippen molar-refractivity contribution in [3.8, 4) is 0 Å². The molecule has 0 aromatic heterocycles. The standard InChI is InChI=1S/C17H18ClFN2O3S/c1-3-21(11-12-5-4-6-13(19)9-12)17(22)15-10-14(7-8-16(15)18)25(23,24)20-2/h4-10,20H,3,11H2,1-2H3. The Balaban J connectivity index is 2.35. The first-order valence-electron chi connectivity index (χ1n) is 7.55. The molecule has 0 fully saturated rings. The lowest BCUT2D eigenvalue weighted by Gasteiger charge is -2.22. The number of carbonyl (C=O) groups is 1. The molecule has 0 unspecified atom stereocenters. The molecular formula is C17H18ClFN2O3S. The molecule has 0 aliphatic rings. The molecule has 0 aliphatic carbocycles. The van der Waals surface area contributed by atoms with Gasteiger partial charge in [-0.15, -0.1) is 0 Å². The molecule has 0 bridgehead atoms. The van der Waals surface area contributed by atoms with Crippen molar-refractivity contribution in [1.29, 1.82) is 0 Å². The summed E-state index contributed by atoms with van der Waals surface area (Å²) in [6.45, 7) is 2.32. The summed E-state index contributed by atoms with van der Waals surface area (Å²) < 4.78 is 39.4. The SMILES string of the molecule is CCN(Cc1cccc(F)c1)C(=O)c1cc(S(=O)(=O)NC)ccc1Cl. The lowest BCUT2D eigenvalue weighted by atomic mass is 10.1. The van der Waals surface area contributed by atoms with Crippen molar-refractivity contribution in [2.24, 2.45) is 0 Å². The number of halogens is 2. The van der Waals surface area contributed by atoms with Gasteiger partial charge in [0.15, 0.2) is 0 Å². The Kier molecular flexibility index (Phi) is 6.16. The second kappa shape index (κ2) is 7.95. The number of benzene rings is 2. The van der Waals surface area contributed by atoms with E-state index in [9.17, 15) is 17.6 Å². The summed E-state index contributed by atoms with van der Waals surface area (Å²) in [5, 5.41) is 0.151. The normalized spacial score (nSPS) is 11.4. The van der Waals surface area contributed by atoms with E-state index < -0.39 is 15.9 Å². The number of amides is 1. The predicted molar refractivity (Wildman–Crippen MR) is 94.5 cm³/mol. The molecule has 0 saturated carbocycles. The summed E-state index contributed by atoms with van der Waals surface area (Å²) in [6.07, 6.45) is 0. The fourth-order valence-electron chi connectivity index (χ4n) is 2.31. The molecule has 0 radical (unpaired) electrons. The van der Waals surface area contributed by atoms with E-state index in [4.69, 9.17) is 11.6 Å². The van der Waals surface area contributed by atoms with Crippen LogP contribution in [0.2, 0.25) is 5.02 Å². The Morgan fingerprint density at radius 2 is 1.96 bits per heavy atom. The first kappa shape index (κ1) is 19.4. The molecule has 0 saturated heterocycles. The van der Waals surface area contributed by atoms with Crippen LogP contribution in [0.5, 0.6) is 0 Å². The molecule has 5 nitrogen and oxygen atoms in total. The maximum absolute atomic E-state index is 13.3. The first-order chi connectivity index (χ1) is 11.8. The van der Waals surface area contributed by atoms with Crippen molar-refractivity contribution in [3.05, 3.63) is 64.4 Å². The van der Waals surface area contributed by atoms with Gasteiger partial charge in [0.1, 0.15) is 5.82 Å². The van der Waals surface area contributed by atoms with Gasteiger partial charge in [-0.25, -0.2) is 17.5 Å². The van der Waals surface area contributed by atoms with Gasteiger partial charge in [-0.05, 0) is 49.9 Å². The largest absolute Gasteiger partial charge is 0.335 e. The van der Waals surface area contributed by atoms with Crippen LogP contribution in [0.4, 0.5) is 4.39 Å². The molecule has 8 heteroatoms. The molecule has 1 N–H and O–H groups in total. The van der Waals surface area contributed by atoms with E-state index in [0.717, 1.165) is 0 Å². The monoisotopic (exact) mass is 384 g/mol. The van der Waals surface area contributed by atoms with Gasteiger partial charge in [-0.3, -0.25) is 4.79 Å². The van der Waals surface area contributed by atoms with Gasteiger partial charge in [0.2, 0.25) is 10.0 Å². The van der Waals surface area contributed by atoms with Crippen LogP contribution in [0.15, 0.2) is 47.4 Å². The number of nitrogens with zero attached hydrogens (tertiary/aromatic N) is 1. The fraction of sp³-hybridized carbons (Fsp3) is 0.235. The smallest absolute Gasteiger partial charge is 0.255 e. The zero-order chi connectivity index (χ0) is 18.6. The van der Waals surface area contributed by atoms with Crippen molar-refractivity contribution >= 4 is 27.5 Å². The number of rotatable bonds is 6. The summed E-state index contributed by atoms with van der Waals surface area (Å²) >= 11 is 6.09. The molecule has 25 heavy (non-hydrogen) atoms. The van der Waals surface area contributed by atoms with Crippen LogP contribution in [-0.2, 0) is 16.6 Å². The third-order valence-corrected chi connectivity index (χ3v) is 5.42. The highest BCUT2D eigenvalue weighted by atomic mass is 35.5. The summed E-state index contributed by atoms with van der Waals surface area (Å²) in [5.41, 5.74) is 0.710. The van der Waals surface area contributed by atoms with Crippen LogP contribution in [0.3, 0.4) is 0 Å². The van der Waals surface area contributed by atoms with E-state index in [1.54, 1.807) is 19.1 Å². The van der Waals surface area contributed by atoms with E-state index in [2.05, 4.69) is 4.72 Å². The number of carbonyl (C=O) groups excluding carboxylic acids is 1. The molecule has 2 rings (SSSR count). The highest BCUT2D eigenvalue weighted by Gasteiger charge is 2.21. The summed E-state index contributed by atoms with van der Waals surface area (Å²) in [7, 11) is -2.41. The molecular weight excluding hydrogens is 367 g/mol. The fourth-order valence-corrected chi connectivity index (χ4v) is 3.26. The summed E-state index contributed by atoms with van der Waals surface area (Å²) in [6, 6.07) is 9.89. The summed E-state index contributed by atoms with van der Waals surface area (Å²) in [4.78, 5) is 14.2. The van der Waals surface area contributed by atoms with Crippen LogP contribution in [0.25, 0.3) is 0 Å². The molecule has 0 spiro atoms. The molecule has 0 heterocycles. The van der Waals surface area contributed by atoms with E-state index in [-0.39, 0.29) is 27.8 Å². The predicted octanol–water partition coefficient (Wildman–Crippen LogP) is 3.05. The second-order valence-electron chi connectivity index (χ2n) is 5.30. The molecule has 134 valence electrons. The third-order valence-electron chi connectivity index (χ3n) is 3.68. The Morgan fingerprint density at radius 1 is 1.24 bits per heavy atom. The molecule has 1 amide bonds. The lowest BCUT2D eigenvalue weighted by Crippen LogP contribution is -2.31. The second-order valence-corrected chi connectivity index (χ2v) is 7.59. The maximum atomic E-state index is 13.3. The lowest BCUT2D eigenvalue weighted by molar-refractivity contribution is 0.0752. The van der Waals surface area contributed by atoms with Gasteiger partial charge in [0.25, 0.3) is 5.91 Å². The van der Waals surface area contributed by atoms with Gasteiger partial charge >= 0.3 is 0 Å². The number of nitrogens with one attached hydrogen (secondary N) is 1. The number of sulfonamides is 1. The zero-order valence-electron chi connectivity index (χ0n) is 13.8. The minimum absolute atomic E-state index is 0.0513. The molecule has 0 atom stereocenters. The topological polar surface area (TPSA) is 66.5 Å². The Hall–Kier alpha value is -1.96. The van der Waals surface area contributed by atoms with E-state index in [1.165, 1.54) is 42.3 Å². The van der Waals surface area contributed by atoms with Crippen LogP contribution >= 0.6 is 11.6 Å².